The summed E-state index contributed by atoms with van der Waals surface area (Å²) in [4.78, 5) is 24.3. The van der Waals surface area contributed by atoms with Crippen molar-refractivity contribution in [2.45, 2.75) is 6.54 Å². The SMILES string of the molecule is O=C(COC(=O)c1cccc(I)c1)NCc1cccs1. The van der Waals surface area contributed by atoms with E-state index in [-0.39, 0.29) is 12.5 Å². The molecule has 4 nitrogen and oxygen atoms in total. The third-order valence-electron chi connectivity index (χ3n) is 2.43. The molecule has 1 aromatic carbocycles. The highest BCUT2D eigenvalue weighted by atomic mass is 127. The van der Waals surface area contributed by atoms with Crippen molar-refractivity contribution in [3.8, 4) is 0 Å². The average molecular weight is 401 g/mol. The van der Waals surface area contributed by atoms with Crippen LogP contribution in [0.4, 0.5) is 0 Å². The van der Waals surface area contributed by atoms with Gasteiger partial charge in [0.2, 0.25) is 0 Å². The number of amides is 1. The fraction of sp³-hybridized carbons (Fsp3) is 0.143. The van der Waals surface area contributed by atoms with Gasteiger partial charge in [0.25, 0.3) is 5.91 Å². The molecule has 0 radical (unpaired) electrons. The van der Waals surface area contributed by atoms with Gasteiger partial charge in [-0.1, -0.05) is 12.1 Å². The first-order valence-electron chi connectivity index (χ1n) is 5.87. The summed E-state index contributed by atoms with van der Waals surface area (Å²) < 4.78 is 5.91. The Morgan fingerprint density at radius 3 is 2.80 bits per heavy atom. The van der Waals surface area contributed by atoms with E-state index in [9.17, 15) is 9.59 Å². The van der Waals surface area contributed by atoms with Crippen LogP contribution in [-0.2, 0) is 16.1 Å². The van der Waals surface area contributed by atoms with Crippen LogP contribution in [-0.4, -0.2) is 18.5 Å². The number of esters is 1. The fourth-order valence-corrected chi connectivity index (χ4v) is 2.67. The highest BCUT2D eigenvalue weighted by Gasteiger charge is 2.10. The quantitative estimate of drug-likeness (QED) is 0.620. The molecule has 0 spiro atoms. The van der Waals surface area contributed by atoms with Crippen molar-refractivity contribution in [1.29, 1.82) is 0 Å². The standard InChI is InChI=1S/C14H12INO3S/c15-11-4-1-3-10(7-11)14(18)19-9-13(17)16-8-12-5-2-6-20-12/h1-7H,8-9H2,(H,16,17). The van der Waals surface area contributed by atoms with Gasteiger partial charge < -0.3 is 10.1 Å². The van der Waals surface area contributed by atoms with Crippen LogP contribution in [0.3, 0.4) is 0 Å². The van der Waals surface area contributed by atoms with E-state index >= 15 is 0 Å². The fourth-order valence-electron chi connectivity index (χ4n) is 1.48. The Balaban J connectivity index is 1.77. The van der Waals surface area contributed by atoms with Crippen molar-refractivity contribution in [2.24, 2.45) is 0 Å². The van der Waals surface area contributed by atoms with Crippen molar-refractivity contribution >= 4 is 45.8 Å². The van der Waals surface area contributed by atoms with Gasteiger partial charge in [-0.2, -0.15) is 0 Å². The number of hydrogen-bond donors (Lipinski definition) is 1. The molecule has 0 aliphatic carbocycles. The Hall–Kier alpha value is -1.41. The van der Waals surface area contributed by atoms with Gasteiger partial charge in [0.15, 0.2) is 6.61 Å². The molecule has 0 aliphatic rings. The van der Waals surface area contributed by atoms with Crippen LogP contribution in [0.15, 0.2) is 41.8 Å². The topological polar surface area (TPSA) is 55.4 Å². The minimum Gasteiger partial charge on any atom is -0.452 e. The zero-order valence-electron chi connectivity index (χ0n) is 10.5. The van der Waals surface area contributed by atoms with Gasteiger partial charge >= 0.3 is 5.97 Å². The summed E-state index contributed by atoms with van der Waals surface area (Å²) in [6, 6.07) is 10.9. The Bertz CT molecular complexity index is 598. The molecule has 20 heavy (non-hydrogen) atoms. The molecule has 2 rings (SSSR count). The molecule has 1 aromatic heterocycles. The zero-order valence-corrected chi connectivity index (χ0v) is 13.4. The lowest BCUT2D eigenvalue weighted by molar-refractivity contribution is -0.124. The smallest absolute Gasteiger partial charge is 0.338 e. The van der Waals surface area contributed by atoms with Crippen LogP contribution in [0.25, 0.3) is 0 Å². The van der Waals surface area contributed by atoms with Crippen molar-refractivity contribution in [3.63, 3.8) is 0 Å². The maximum absolute atomic E-state index is 11.7. The summed E-state index contributed by atoms with van der Waals surface area (Å²) in [5.74, 6) is -0.799. The number of hydrogen-bond acceptors (Lipinski definition) is 4. The second kappa shape index (κ2) is 7.39. The average Bonchev–Trinajstić information content (AvgIpc) is 2.95. The Morgan fingerprint density at radius 1 is 1.25 bits per heavy atom. The maximum atomic E-state index is 11.7. The molecule has 1 N–H and O–H groups in total. The molecule has 0 saturated carbocycles. The van der Waals surface area contributed by atoms with Gasteiger partial charge in [-0.15, -0.1) is 11.3 Å². The number of halogens is 1. The number of ether oxygens (including phenoxy) is 1. The molecule has 0 atom stereocenters. The maximum Gasteiger partial charge on any atom is 0.338 e. The first-order chi connectivity index (χ1) is 9.65. The van der Waals surface area contributed by atoms with Gasteiger partial charge in [0.05, 0.1) is 12.1 Å². The molecule has 0 saturated heterocycles. The van der Waals surface area contributed by atoms with E-state index < -0.39 is 5.97 Å². The van der Waals surface area contributed by atoms with Crippen molar-refractivity contribution in [2.75, 3.05) is 6.61 Å². The number of carbonyl (C=O) groups is 2. The molecule has 1 amide bonds. The van der Waals surface area contributed by atoms with E-state index in [1.165, 1.54) is 0 Å². The Morgan fingerprint density at radius 2 is 2.10 bits per heavy atom. The molecule has 0 fully saturated rings. The predicted octanol–water partition coefficient (Wildman–Crippen LogP) is 2.83. The normalized spacial score (nSPS) is 10.1. The minimum absolute atomic E-state index is 0.268. The van der Waals surface area contributed by atoms with Crippen LogP contribution in [0.2, 0.25) is 0 Å². The van der Waals surface area contributed by atoms with E-state index in [0.717, 1.165) is 8.45 Å². The van der Waals surface area contributed by atoms with E-state index in [1.807, 2.05) is 23.6 Å². The zero-order chi connectivity index (χ0) is 14.4. The largest absolute Gasteiger partial charge is 0.452 e. The van der Waals surface area contributed by atoms with E-state index in [1.54, 1.807) is 29.5 Å². The molecule has 0 aliphatic heterocycles. The van der Waals surface area contributed by atoms with Crippen molar-refractivity contribution in [3.05, 3.63) is 55.8 Å². The summed E-state index contributed by atoms with van der Waals surface area (Å²) in [5.41, 5.74) is 0.447. The predicted molar refractivity (Wildman–Crippen MR) is 85.6 cm³/mol. The first-order valence-corrected chi connectivity index (χ1v) is 7.83. The highest BCUT2D eigenvalue weighted by molar-refractivity contribution is 14.1. The summed E-state index contributed by atoms with van der Waals surface area (Å²) in [7, 11) is 0. The number of rotatable bonds is 5. The first kappa shape index (κ1) is 15.0. The molecule has 0 bridgehead atoms. The summed E-state index contributed by atoms with van der Waals surface area (Å²) >= 11 is 3.68. The second-order valence-electron chi connectivity index (χ2n) is 3.94. The lowest BCUT2D eigenvalue weighted by atomic mass is 10.2. The molecule has 0 unspecified atom stereocenters. The van der Waals surface area contributed by atoms with E-state index in [4.69, 9.17) is 4.74 Å². The number of carbonyl (C=O) groups excluding carboxylic acids is 2. The van der Waals surface area contributed by atoms with Gasteiger partial charge in [-0.25, -0.2) is 4.79 Å². The third-order valence-corrected chi connectivity index (χ3v) is 3.98. The molecule has 6 heteroatoms. The van der Waals surface area contributed by atoms with Crippen LogP contribution >= 0.6 is 33.9 Å². The Labute approximate surface area is 134 Å². The lowest BCUT2D eigenvalue weighted by Gasteiger charge is -2.06. The van der Waals surface area contributed by atoms with E-state index in [2.05, 4.69) is 27.9 Å². The highest BCUT2D eigenvalue weighted by Crippen LogP contribution is 2.09. The third kappa shape index (κ3) is 4.61. The minimum atomic E-state index is -0.491. The van der Waals surface area contributed by atoms with Crippen LogP contribution in [0.1, 0.15) is 15.2 Å². The van der Waals surface area contributed by atoms with Gasteiger partial charge in [-0.05, 0) is 52.2 Å². The van der Waals surface area contributed by atoms with Crippen LogP contribution in [0, 0.1) is 3.57 Å². The van der Waals surface area contributed by atoms with Gasteiger partial charge in [-0.3, -0.25) is 4.79 Å². The summed E-state index contributed by atoms with van der Waals surface area (Å²) in [6.07, 6.45) is 0. The van der Waals surface area contributed by atoms with Crippen molar-refractivity contribution in [1.82, 2.24) is 5.32 Å². The molecule has 104 valence electrons. The summed E-state index contributed by atoms with van der Waals surface area (Å²) in [6.45, 7) is 0.187. The number of thiophene rings is 1. The number of nitrogens with one attached hydrogen (secondary N) is 1. The Kier molecular flexibility index (Phi) is 5.54. The molecular weight excluding hydrogens is 389 g/mol. The van der Waals surface area contributed by atoms with Gasteiger partial charge in [0.1, 0.15) is 0 Å². The lowest BCUT2D eigenvalue weighted by Crippen LogP contribution is -2.28. The molecule has 2 aromatic rings. The van der Waals surface area contributed by atoms with Crippen LogP contribution < -0.4 is 5.32 Å². The van der Waals surface area contributed by atoms with Gasteiger partial charge in [0, 0.05) is 8.45 Å². The van der Waals surface area contributed by atoms with Crippen molar-refractivity contribution < 1.29 is 14.3 Å². The number of benzene rings is 1. The second-order valence-corrected chi connectivity index (χ2v) is 6.22. The molecular formula is C14H12INO3S. The van der Waals surface area contributed by atoms with Crippen LogP contribution in [0.5, 0.6) is 0 Å². The monoisotopic (exact) mass is 401 g/mol. The summed E-state index contributed by atoms with van der Waals surface area (Å²) in [5, 5.41) is 4.64. The molecule has 1 heterocycles. The van der Waals surface area contributed by atoms with E-state index in [0.29, 0.717) is 12.1 Å².